The second-order valence-electron chi connectivity index (χ2n) is 6.05. The molecule has 1 amide bonds. The molecular weight excluding hydrogens is 248 g/mol. The summed E-state index contributed by atoms with van der Waals surface area (Å²) in [4.78, 5) is 14.3. The summed E-state index contributed by atoms with van der Waals surface area (Å²) < 4.78 is 0. The Kier molecular flexibility index (Phi) is 4.48. The Bertz CT molecular complexity index is 492. The van der Waals surface area contributed by atoms with E-state index in [9.17, 15) is 4.79 Å². The molecular formula is C17H24N2O. The lowest BCUT2D eigenvalue weighted by Gasteiger charge is -2.40. The van der Waals surface area contributed by atoms with Gasteiger partial charge in [0.2, 0.25) is 5.91 Å². The summed E-state index contributed by atoms with van der Waals surface area (Å²) in [5, 5.41) is 0. The molecule has 1 aromatic carbocycles. The number of nitrogens with zero attached hydrogens (tertiary/aromatic N) is 1. The van der Waals surface area contributed by atoms with Crippen LogP contribution in [0.25, 0.3) is 6.08 Å². The summed E-state index contributed by atoms with van der Waals surface area (Å²) in [6.45, 7) is 7.44. The molecule has 1 fully saturated rings. The Hall–Kier alpha value is -1.77. The van der Waals surface area contributed by atoms with Crippen LogP contribution >= 0.6 is 0 Å². The lowest BCUT2D eigenvalue weighted by Crippen LogP contribution is -2.48. The first kappa shape index (κ1) is 14.6. The van der Waals surface area contributed by atoms with Crippen LogP contribution in [0.5, 0.6) is 0 Å². The van der Waals surface area contributed by atoms with Gasteiger partial charge in [0.25, 0.3) is 0 Å². The number of nitrogens with two attached hydrogens (primary N) is 1. The lowest BCUT2D eigenvalue weighted by atomic mass is 9.86. The van der Waals surface area contributed by atoms with Crippen molar-refractivity contribution < 1.29 is 4.79 Å². The van der Waals surface area contributed by atoms with E-state index in [1.165, 1.54) is 6.42 Å². The Balaban J connectivity index is 2.05. The molecule has 3 unspecified atom stereocenters. The molecule has 1 aliphatic rings. The van der Waals surface area contributed by atoms with Crippen LogP contribution in [0, 0.1) is 11.8 Å². The SMILES string of the molecule is CC1CC(C)C(C)N(C(=O)/C=C/c2ccc(N)cc2)C1. The van der Waals surface area contributed by atoms with E-state index in [4.69, 9.17) is 5.73 Å². The van der Waals surface area contributed by atoms with Gasteiger partial charge in [0.15, 0.2) is 0 Å². The van der Waals surface area contributed by atoms with E-state index >= 15 is 0 Å². The number of piperidine rings is 1. The van der Waals surface area contributed by atoms with Gasteiger partial charge in [-0.05, 0) is 49.0 Å². The molecule has 1 heterocycles. The van der Waals surface area contributed by atoms with E-state index in [1.807, 2.05) is 35.2 Å². The van der Waals surface area contributed by atoms with Gasteiger partial charge < -0.3 is 10.6 Å². The Labute approximate surface area is 121 Å². The smallest absolute Gasteiger partial charge is 0.246 e. The van der Waals surface area contributed by atoms with E-state index in [0.717, 1.165) is 17.8 Å². The molecule has 3 heteroatoms. The molecule has 1 aliphatic heterocycles. The lowest BCUT2D eigenvalue weighted by molar-refractivity contribution is -0.131. The summed E-state index contributed by atoms with van der Waals surface area (Å²) in [7, 11) is 0. The van der Waals surface area contributed by atoms with Gasteiger partial charge >= 0.3 is 0 Å². The van der Waals surface area contributed by atoms with Crippen LogP contribution in [0.3, 0.4) is 0 Å². The maximum atomic E-state index is 12.4. The van der Waals surface area contributed by atoms with Crippen molar-refractivity contribution in [1.29, 1.82) is 0 Å². The third kappa shape index (κ3) is 3.41. The monoisotopic (exact) mass is 272 g/mol. The van der Waals surface area contributed by atoms with Gasteiger partial charge in [-0.2, -0.15) is 0 Å². The first-order valence-corrected chi connectivity index (χ1v) is 7.31. The minimum atomic E-state index is 0.104. The van der Waals surface area contributed by atoms with Crippen molar-refractivity contribution in [2.75, 3.05) is 12.3 Å². The molecule has 0 aromatic heterocycles. The number of hydrogen-bond donors (Lipinski definition) is 1. The van der Waals surface area contributed by atoms with Crippen LogP contribution in [-0.2, 0) is 4.79 Å². The van der Waals surface area contributed by atoms with Gasteiger partial charge in [0.05, 0.1) is 0 Å². The molecule has 2 N–H and O–H groups in total. The summed E-state index contributed by atoms with van der Waals surface area (Å²) in [5.74, 6) is 1.25. The van der Waals surface area contributed by atoms with Crippen LogP contribution in [-0.4, -0.2) is 23.4 Å². The second-order valence-corrected chi connectivity index (χ2v) is 6.05. The van der Waals surface area contributed by atoms with Crippen molar-refractivity contribution in [3.8, 4) is 0 Å². The molecule has 3 atom stereocenters. The molecule has 108 valence electrons. The van der Waals surface area contributed by atoms with E-state index in [2.05, 4.69) is 20.8 Å². The van der Waals surface area contributed by atoms with Crippen molar-refractivity contribution in [2.45, 2.75) is 33.2 Å². The maximum absolute atomic E-state index is 12.4. The highest BCUT2D eigenvalue weighted by Gasteiger charge is 2.30. The fraction of sp³-hybridized carbons (Fsp3) is 0.471. The maximum Gasteiger partial charge on any atom is 0.246 e. The predicted molar refractivity (Wildman–Crippen MR) is 84.0 cm³/mol. The Morgan fingerprint density at radius 3 is 2.55 bits per heavy atom. The Morgan fingerprint density at radius 1 is 1.25 bits per heavy atom. The normalized spacial score (nSPS) is 26.9. The minimum Gasteiger partial charge on any atom is -0.399 e. The van der Waals surface area contributed by atoms with Crippen molar-refractivity contribution in [3.05, 3.63) is 35.9 Å². The van der Waals surface area contributed by atoms with Crippen molar-refractivity contribution in [1.82, 2.24) is 4.90 Å². The van der Waals surface area contributed by atoms with E-state index in [0.29, 0.717) is 17.9 Å². The Morgan fingerprint density at radius 2 is 1.90 bits per heavy atom. The number of benzene rings is 1. The summed E-state index contributed by atoms with van der Waals surface area (Å²) in [6.07, 6.45) is 4.73. The largest absolute Gasteiger partial charge is 0.399 e. The van der Waals surface area contributed by atoms with Gasteiger partial charge in [-0.15, -0.1) is 0 Å². The topological polar surface area (TPSA) is 46.3 Å². The number of carbonyl (C=O) groups is 1. The summed E-state index contributed by atoms with van der Waals surface area (Å²) in [5.41, 5.74) is 7.38. The average Bonchev–Trinajstić information content (AvgIpc) is 2.42. The molecule has 3 nitrogen and oxygen atoms in total. The molecule has 2 rings (SSSR count). The number of likely N-dealkylation sites (tertiary alicyclic amines) is 1. The number of hydrogen-bond acceptors (Lipinski definition) is 2. The zero-order valence-electron chi connectivity index (χ0n) is 12.5. The second kappa shape index (κ2) is 6.12. The molecule has 0 aliphatic carbocycles. The number of carbonyl (C=O) groups excluding carboxylic acids is 1. The van der Waals surface area contributed by atoms with Gasteiger partial charge in [-0.25, -0.2) is 0 Å². The van der Waals surface area contributed by atoms with E-state index in [1.54, 1.807) is 6.08 Å². The van der Waals surface area contributed by atoms with Crippen molar-refractivity contribution >= 4 is 17.7 Å². The van der Waals surface area contributed by atoms with Gasteiger partial charge in [0, 0.05) is 24.4 Å². The third-order valence-electron chi connectivity index (χ3n) is 4.24. The van der Waals surface area contributed by atoms with E-state index in [-0.39, 0.29) is 5.91 Å². The first-order valence-electron chi connectivity index (χ1n) is 7.31. The van der Waals surface area contributed by atoms with Crippen LogP contribution in [0.1, 0.15) is 32.8 Å². The molecule has 0 saturated carbocycles. The molecule has 0 radical (unpaired) electrons. The van der Waals surface area contributed by atoms with Gasteiger partial charge in [-0.1, -0.05) is 26.0 Å². The highest BCUT2D eigenvalue weighted by atomic mass is 16.2. The quantitative estimate of drug-likeness (QED) is 0.664. The van der Waals surface area contributed by atoms with E-state index < -0.39 is 0 Å². The third-order valence-corrected chi connectivity index (χ3v) is 4.24. The van der Waals surface area contributed by atoms with Crippen LogP contribution < -0.4 is 5.73 Å². The molecule has 0 spiro atoms. The number of rotatable bonds is 2. The molecule has 0 bridgehead atoms. The predicted octanol–water partition coefficient (Wildman–Crippen LogP) is 3.18. The summed E-state index contributed by atoms with van der Waals surface area (Å²) in [6, 6.07) is 7.85. The average molecular weight is 272 g/mol. The number of anilines is 1. The first-order chi connectivity index (χ1) is 9.47. The van der Waals surface area contributed by atoms with Crippen LogP contribution in [0.2, 0.25) is 0 Å². The number of nitrogen functional groups attached to an aromatic ring is 1. The standard InChI is InChI=1S/C17H24N2O/c1-12-10-13(2)14(3)19(11-12)17(20)9-6-15-4-7-16(18)8-5-15/h4-9,12-14H,10-11,18H2,1-3H3/b9-6+. The van der Waals surface area contributed by atoms with Gasteiger partial charge in [0.1, 0.15) is 0 Å². The minimum absolute atomic E-state index is 0.104. The highest BCUT2D eigenvalue weighted by molar-refractivity contribution is 5.92. The van der Waals surface area contributed by atoms with Crippen molar-refractivity contribution in [2.24, 2.45) is 11.8 Å². The van der Waals surface area contributed by atoms with Gasteiger partial charge in [-0.3, -0.25) is 4.79 Å². The number of amides is 1. The van der Waals surface area contributed by atoms with Crippen molar-refractivity contribution in [3.63, 3.8) is 0 Å². The molecule has 1 aromatic rings. The zero-order chi connectivity index (χ0) is 14.7. The summed E-state index contributed by atoms with van der Waals surface area (Å²) >= 11 is 0. The molecule has 1 saturated heterocycles. The van der Waals surface area contributed by atoms with Crippen LogP contribution in [0.4, 0.5) is 5.69 Å². The van der Waals surface area contributed by atoms with Crippen LogP contribution in [0.15, 0.2) is 30.3 Å². The molecule has 20 heavy (non-hydrogen) atoms. The fourth-order valence-electron chi connectivity index (χ4n) is 2.88. The zero-order valence-corrected chi connectivity index (χ0v) is 12.5. The fourth-order valence-corrected chi connectivity index (χ4v) is 2.88. The highest BCUT2D eigenvalue weighted by Crippen LogP contribution is 2.27.